The molecule has 0 aliphatic carbocycles. The number of nitrogens with zero attached hydrogens (tertiary/aromatic N) is 2. The van der Waals surface area contributed by atoms with Crippen LogP contribution < -0.4 is 10.3 Å². The van der Waals surface area contributed by atoms with Crippen LogP contribution in [0.3, 0.4) is 0 Å². The van der Waals surface area contributed by atoms with Gasteiger partial charge < -0.3 is 4.57 Å². The van der Waals surface area contributed by atoms with Crippen LogP contribution in [0.25, 0.3) is 5.69 Å². The molecule has 0 aliphatic rings. The zero-order chi connectivity index (χ0) is 16.4. The minimum absolute atomic E-state index is 0.183. The first kappa shape index (κ1) is 16.7. The molecule has 3 rings (SSSR count). The molecule has 0 saturated heterocycles. The van der Waals surface area contributed by atoms with E-state index >= 15 is 0 Å². The van der Waals surface area contributed by atoms with E-state index in [2.05, 4.69) is 47.1 Å². The van der Waals surface area contributed by atoms with Crippen LogP contribution in [0.5, 0.6) is 0 Å². The Hall–Kier alpha value is -1.20. The highest BCUT2D eigenvalue weighted by atomic mass is 79.9. The maximum atomic E-state index is 12.3. The molecule has 0 unspecified atom stereocenters. The van der Waals surface area contributed by atoms with Crippen LogP contribution in [0, 0.1) is 0 Å². The molecule has 10 heteroatoms. The summed E-state index contributed by atoms with van der Waals surface area (Å²) in [5.74, 6) is 0.405. The Morgan fingerprint density at radius 2 is 1.91 bits per heavy atom. The molecule has 3 heterocycles. The van der Waals surface area contributed by atoms with Gasteiger partial charge in [-0.05, 0) is 62.2 Å². The summed E-state index contributed by atoms with van der Waals surface area (Å²) in [6.45, 7) is 0. The molecule has 0 aliphatic heterocycles. The molecule has 0 saturated carbocycles. The molecule has 23 heavy (non-hydrogen) atoms. The van der Waals surface area contributed by atoms with Crippen LogP contribution in [-0.4, -0.2) is 18.0 Å². The molecule has 2 N–H and O–H groups in total. The number of aromatic nitrogens is 2. The molecular weight excluding hydrogens is 468 g/mol. The van der Waals surface area contributed by atoms with Gasteiger partial charge in [-0.1, -0.05) is 0 Å². The lowest BCUT2D eigenvalue weighted by Crippen LogP contribution is -2.30. The number of nitrogens with one attached hydrogen (secondary N) is 2. The minimum atomic E-state index is -3.70. The van der Waals surface area contributed by atoms with Crippen molar-refractivity contribution in [3.8, 4) is 5.69 Å². The average molecular weight is 478 g/mol. The predicted octanol–water partition coefficient (Wildman–Crippen LogP) is 3.76. The summed E-state index contributed by atoms with van der Waals surface area (Å²) in [5.41, 5.74) is 3.41. The second-order valence-corrected chi connectivity index (χ2v) is 9.51. The number of halogens is 2. The van der Waals surface area contributed by atoms with E-state index in [0.717, 1.165) is 17.0 Å². The number of anilines is 1. The number of thiophene rings is 1. The van der Waals surface area contributed by atoms with Crippen molar-refractivity contribution in [3.63, 3.8) is 0 Å². The highest BCUT2D eigenvalue weighted by Crippen LogP contribution is 2.34. The monoisotopic (exact) mass is 476 g/mol. The van der Waals surface area contributed by atoms with Crippen molar-refractivity contribution in [1.29, 1.82) is 0 Å². The average Bonchev–Trinajstić information content (AvgIpc) is 3.17. The quantitative estimate of drug-likeness (QED) is 0.548. The highest BCUT2D eigenvalue weighted by Gasteiger charge is 2.19. The first-order chi connectivity index (χ1) is 11.0. The number of hydrogen-bond donors (Lipinski definition) is 2. The van der Waals surface area contributed by atoms with Gasteiger partial charge in [0.1, 0.15) is 4.21 Å². The molecule has 0 amide bonds. The second kappa shape index (κ2) is 6.73. The lowest BCUT2D eigenvalue weighted by atomic mass is 10.4. The van der Waals surface area contributed by atoms with Gasteiger partial charge in [0.15, 0.2) is 5.82 Å². The molecule has 0 fully saturated rings. The molecule has 0 spiro atoms. The first-order valence-electron chi connectivity index (χ1n) is 6.28. The number of hydrazine groups is 1. The molecule has 3 aromatic heterocycles. The summed E-state index contributed by atoms with van der Waals surface area (Å²) in [7, 11) is -3.70. The van der Waals surface area contributed by atoms with E-state index in [4.69, 9.17) is 0 Å². The Morgan fingerprint density at radius 1 is 1.17 bits per heavy atom. The molecule has 0 aromatic carbocycles. The SMILES string of the molecule is O=S(=O)(NNc1ncccc1-n1cccc1)c1cc(Br)c(Br)s1. The molecule has 0 atom stereocenters. The third-order valence-electron chi connectivity index (χ3n) is 2.86. The number of hydrogen-bond acceptors (Lipinski definition) is 5. The normalized spacial score (nSPS) is 11.6. The Morgan fingerprint density at radius 3 is 2.57 bits per heavy atom. The van der Waals surface area contributed by atoms with Crippen molar-refractivity contribution in [2.24, 2.45) is 0 Å². The lowest BCUT2D eigenvalue weighted by Gasteiger charge is -2.12. The largest absolute Gasteiger partial charge is 0.321 e. The standard InChI is InChI=1S/C13H10Br2N4O2S2/c14-9-8-11(22-12(9)15)23(20,21)18-17-13-10(4-3-5-16-13)19-6-1-2-7-19/h1-8,18H,(H,16,17). The van der Waals surface area contributed by atoms with Gasteiger partial charge in [0, 0.05) is 23.1 Å². The van der Waals surface area contributed by atoms with Gasteiger partial charge in [-0.25, -0.2) is 13.4 Å². The van der Waals surface area contributed by atoms with Crippen molar-refractivity contribution in [1.82, 2.24) is 14.4 Å². The lowest BCUT2D eigenvalue weighted by molar-refractivity contribution is 0.589. The van der Waals surface area contributed by atoms with Gasteiger partial charge in [-0.15, -0.1) is 16.2 Å². The molecule has 0 radical (unpaired) electrons. The fourth-order valence-electron chi connectivity index (χ4n) is 1.82. The molecule has 120 valence electrons. The maximum absolute atomic E-state index is 12.3. The summed E-state index contributed by atoms with van der Waals surface area (Å²) in [6, 6.07) is 8.90. The van der Waals surface area contributed by atoms with Gasteiger partial charge in [0.25, 0.3) is 10.0 Å². The van der Waals surface area contributed by atoms with Crippen molar-refractivity contribution in [3.05, 3.63) is 57.2 Å². The summed E-state index contributed by atoms with van der Waals surface area (Å²) >= 11 is 7.68. The number of sulfonamides is 1. The van der Waals surface area contributed by atoms with Crippen LogP contribution in [0.1, 0.15) is 0 Å². The summed E-state index contributed by atoms with van der Waals surface area (Å²) in [6.07, 6.45) is 5.29. The van der Waals surface area contributed by atoms with Crippen molar-refractivity contribution in [2.75, 3.05) is 5.43 Å². The first-order valence-corrected chi connectivity index (χ1v) is 10.2. The summed E-state index contributed by atoms with van der Waals surface area (Å²) in [5, 5.41) is 0. The Kier molecular flexibility index (Phi) is 4.87. The summed E-state index contributed by atoms with van der Waals surface area (Å²) < 4.78 is 28.1. The van der Waals surface area contributed by atoms with Gasteiger partial charge in [-0.3, -0.25) is 5.43 Å². The summed E-state index contributed by atoms with van der Waals surface area (Å²) in [4.78, 5) is 6.53. The zero-order valence-electron chi connectivity index (χ0n) is 11.4. The minimum Gasteiger partial charge on any atom is -0.321 e. The van der Waals surface area contributed by atoms with E-state index in [9.17, 15) is 8.42 Å². The Bertz CT molecular complexity index is 904. The van der Waals surface area contributed by atoms with Crippen LogP contribution in [-0.2, 0) is 10.0 Å². The van der Waals surface area contributed by atoms with Crippen molar-refractivity contribution < 1.29 is 8.42 Å². The van der Waals surface area contributed by atoms with E-state index in [1.54, 1.807) is 12.3 Å². The van der Waals surface area contributed by atoms with E-state index in [0.29, 0.717) is 14.1 Å². The van der Waals surface area contributed by atoms with Crippen LogP contribution >= 0.6 is 43.2 Å². The fourth-order valence-corrected chi connectivity index (χ4v) is 5.48. The molecular formula is C13H10Br2N4O2S2. The molecule has 6 nitrogen and oxygen atoms in total. The van der Waals surface area contributed by atoms with Gasteiger partial charge in [-0.2, -0.15) is 0 Å². The van der Waals surface area contributed by atoms with Crippen LogP contribution in [0.2, 0.25) is 0 Å². The van der Waals surface area contributed by atoms with Gasteiger partial charge in [0.05, 0.1) is 9.47 Å². The Labute approximate surface area is 153 Å². The van der Waals surface area contributed by atoms with E-state index in [1.165, 1.54) is 6.07 Å². The van der Waals surface area contributed by atoms with Crippen molar-refractivity contribution in [2.45, 2.75) is 4.21 Å². The number of rotatable bonds is 5. The van der Waals surface area contributed by atoms with E-state index in [1.807, 2.05) is 35.2 Å². The topological polar surface area (TPSA) is 76.0 Å². The van der Waals surface area contributed by atoms with Gasteiger partial charge >= 0.3 is 0 Å². The van der Waals surface area contributed by atoms with E-state index in [-0.39, 0.29) is 4.21 Å². The fraction of sp³-hybridized carbons (Fsp3) is 0. The molecule has 3 aromatic rings. The predicted molar refractivity (Wildman–Crippen MR) is 97.2 cm³/mol. The second-order valence-electron chi connectivity index (χ2n) is 4.38. The highest BCUT2D eigenvalue weighted by molar-refractivity contribution is 9.13. The third kappa shape index (κ3) is 3.66. The Balaban J connectivity index is 1.84. The van der Waals surface area contributed by atoms with Gasteiger partial charge in [0.2, 0.25) is 0 Å². The van der Waals surface area contributed by atoms with Crippen LogP contribution in [0.15, 0.2) is 61.4 Å². The van der Waals surface area contributed by atoms with Crippen LogP contribution in [0.4, 0.5) is 5.82 Å². The number of pyridine rings is 1. The van der Waals surface area contributed by atoms with E-state index < -0.39 is 10.0 Å². The third-order valence-corrected chi connectivity index (χ3v) is 7.84. The maximum Gasteiger partial charge on any atom is 0.266 e. The molecule has 0 bridgehead atoms. The zero-order valence-corrected chi connectivity index (χ0v) is 16.2. The smallest absolute Gasteiger partial charge is 0.266 e. The van der Waals surface area contributed by atoms with Crippen molar-refractivity contribution >= 4 is 59.0 Å².